The zero-order valence-electron chi connectivity index (χ0n) is 13.9. The van der Waals surface area contributed by atoms with Gasteiger partial charge in [-0.05, 0) is 37.5 Å². The van der Waals surface area contributed by atoms with Gasteiger partial charge in [0.2, 0.25) is 0 Å². The van der Waals surface area contributed by atoms with Gasteiger partial charge in [-0.1, -0.05) is 42.0 Å². The van der Waals surface area contributed by atoms with Gasteiger partial charge in [0.1, 0.15) is 6.17 Å². The molecule has 1 N–H and O–H groups in total. The van der Waals surface area contributed by atoms with E-state index < -0.39 is 0 Å². The van der Waals surface area contributed by atoms with Crippen LogP contribution in [0.5, 0.6) is 0 Å². The fourth-order valence-corrected chi connectivity index (χ4v) is 3.59. The summed E-state index contributed by atoms with van der Waals surface area (Å²) >= 11 is 0. The molecule has 2 heterocycles. The number of rotatable bonds is 3. The molecule has 2 aliphatic rings. The first-order valence-corrected chi connectivity index (χ1v) is 8.57. The number of fused-ring (bicyclic) bond motifs is 1. The lowest BCUT2D eigenvalue weighted by Crippen LogP contribution is -2.46. The van der Waals surface area contributed by atoms with E-state index in [9.17, 15) is 4.79 Å². The summed E-state index contributed by atoms with van der Waals surface area (Å²) in [6.07, 6.45) is 2.07. The fourth-order valence-electron chi connectivity index (χ4n) is 3.59. The Labute approximate surface area is 142 Å². The summed E-state index contributed by atoms with van der Waals surface area (Å²) in [5.74, 6) is 0.0753. The van der Waals surface area contributed by atoms with Gasteiger partial charge in [-0.25, -0.2) is 0 Å². The summed E-state index contributed by atoms with van der Waals surface area (Å²) in [5.41, 5.74) is 3.94. The first-order chi connectivity index (χ1) is 11.7. The molecule has 0 spiro atoms. The van der Waals surface area contributed by atoms with Crippen molar-refractivity contribution in [2.45, 2.75) is 32.0 Å². The second-order valence-electron chi connectivity index (χ2n) is 6.60. The molecular formula is C20H22N2O2. The molecule has 1 amide bonds. The Kier molecular flexibility index (Phi) is 3.98. The topological polar surface area (TPSA) is 41.6 Å². The molecule has 0 unspecified atom stereocenters. The number of anilines is 1. The van der Waals surface area contributed by atoms with E-state index in [1.54, 1.807) is 0 Å². The molecule has 1 saturated heterocycles. The van der Waals surface area contributed by atoms with Crippen LogP contribution >= 0.6 is 0 Å². The number of hydrogen-bond donors (Lipinski definition) is 1. The first-order valence-electron chi connectivity index (χ1n) is 8.57. The quantitative estimate of drug-likeness (QED) is 0.936. The Morgan fingerprint density at radius 3 is 2.88 bits per heavy atom. The SMILES string of the molecule is Cc1cccc([C@@H]2Nc3ccccc3C(=O)N2C[C@@H]2CCCO2)c1. The molecule has 2 aromatic rings. The monoisotopic (exact) mass is 322 g/mol. The number of nitrogens with one attached hydrogen (secondary N) is 1. The van der Waals surface area contributed by atoms with E-state index in [4.69, 9.17) is 4.74 Å². The second-order valence-corrected chi connectivity index (χ2v) is 6.60. The standard InChI is InChI=1S/C20H22N2O2/c1-14-6-4-7-15(12-14)19-21-18-10-3-2-9-17(18)20(23)22(19)13-16-8-5-11-24-16/h2-4,6-7,9-10,12,16,19,21H,5,8,11,13H2,1H3/t16-,19+/m0/s1. The van der Waals surface area contributed by atoms with Crippen LogP contribution in [0.3, 0.4) is 0 Å². The minimum absolute atomic E-state index is 0.0753. The molecule has 4 nitrogen and oxygen atoms in total. The van der Waals surface area contributed by atoms with E-state index >= 15 is 0 Å². The van der Waals surface area contributed by atoms with Crippen LogP contribution in [0.25, 0.3) is 0 Å². The van der Waals surface area contributed by atoms with Crippen LogP contribution in [-0.2, 0) is 4.74 Å². The van der Waals surface area contributed by atoms with Crippen molar-refractivity contribution in [2.24, 2.45) is 0 Å². The molecule has 1 fully saturated rings. The van der Waals surface area contributed by atoms with Gasteiger partial charge in [0.05, 0.1) is 11.7 Å². The van der Waals surface area contributed by atoms with Gasteiger partial charge in [-0.15, -0.1) is 0 Å². The average molecular weight is 322 g/mol. The van der Waals surface area contributed by atoms with Crippen molar-refractivity contribution in [3.05, 3.63) is 65.2 Å². The Balaban J connectivity index is 1.72. The maximum absolute atomic E-state index is 13.1. The first kappa shape index (κ1) is 15.2. The highest BCUT2D eigenvalue weighted by atomic mass is 16.5. The third-order valence-corrected chi connectivity index (χ3v) is 4.80. The highest BCUT2D eigenvalue weighted by Gasteiger charge is 2.35. The van der Waals surface area contributed by atoms with Crippen LogP contribution < -0.4 is 5.32 Å². The average Bonchev–Trinajstić information content (AvgIpc) is 3.10. The number of nitrogens with zero attached hydrogens (tertiary/aromatic N) is 1. The molecule has 0 saturated carbocycles. The zero-order chi connectivity index (χ0) is 16.5. The summed E-state index contributed by atoms with van der Waals surface area (Å²) in [7, 11) is 0. The number of para-hydroxylation sites is 1. The third kappa shape index (κ3) is 2.78. The summed E-state index contributed by atoms with van der Waals surface area (Å²) in [5, 5.41) is 3.54. The molecule has 4 heteroatoms. The van der Waals surface area contributed by atoms with Crippen molar-refractivity contribution >= 4 is 11.6 Å². The van der Waals surface area contributed by atoms with Crippen molar-refractivity contribution in [1.82, 2.24) is 4.90 Å². The molecule has 124 valence electrons. The van der Waals surface area contributed by atoms with Gasteiger partial charge in [0, 0.05) is 18.8 Å². The number of carbonyl (C=O) groups excluding carboxylic acids is 1. The van der Waals surface area contributed by atoms with Crippen LogP contribution in [-0.4, -0.2) is 30.1 Å². The zero-order valence-corrected chi connectivity index (χ0v) is 13.9. The lowest BCUT2D eigenvalue weighted by atomic mass is 10.0. The van der Waals surface area contributed by atoms with E-state index in [1.807, 2.05) is 35.2 Å². The van der Waals surface area contributed by atoms with Crippen molar-refractivity contribution in [3.8, 4) is 0 Å². The molecule has 0 radical (unpaired) electrons. The van der Waals surface area contributed by atoms with Crippen LogP contribution in [0.15, 0.2) is 48.5 Å². The number of benzene rings is 2. The van der Waals surface area contributed by atoms with Crippen LogP contribution in [0.1, 0.15) is 40.5 Å². The Morgan fingerprint density at radius 1 is 1.21 bits per heavy atom. The van der Waals surface area contributed by atoms with Crippen molar-refractivity contribution in [2.75, 3.05) is 18.5 Å². The third-order valence-electron chi connectivity index (χ3n) is 4.80. The lowest BCUT2D eigenvalue weighted by molar-refractivity contribution is 0.0427. The molecule has 24 heavy (non-hydrogen) atoms. The molecule has 2 atom stereocenters. The maximum Gasteiger partial charge on any atom is 0.257 e. The molecule has 2 aromatic carbocycles. The molecule has 0 aromatic heterocycles. The van der Waals surface area contributed by atoms with E-state index in [1.165, 1.54) is 5.56 Å². The van der Waals surface area contributed by atoms with Gasteiger partial charge in [0.25, 0.3) is 5.91 Å². The van der Waals surface area contributed by atoms with Gasteiger partial charge < -0.3 is 15.0 Å². The predicted molar refractivity (Wildman–Crippen MR) is 94.0 cm³/mol. The highest BCUT2D eigenvalue weighted by Crippen LogP contribution is 2.34. The number of amides is 1. The lowest BCUT2D eigenvalue weighted by Gasteiger charge is -2.39. The molecule has 4 rings (SSSR count). The van der Waals surface area contributed by atoms with Crippen molar-refractivity contribution in [1.29, 1.82) is 0 Å². The number of carbonyl (C=O) groups is 1. The van der Waals surface area contributed by atoms with Crippen LogP contribution in [0, 0.1) is 6.92 Å². The van der Waals surface area contributed by atoms with E-state index in [-0.39, 0.29) is 18.2 Å². The van der Waals surface area contributed by atoms with Crippen molar-refractivity contribution in [3.63, 3.8) is 0 Å². The van der Waals surface area contributed by atoms with Gasteiger partial charge >= 0.3 is 0 Å². The number of hydrogen-bond acceptors (Lipinski definition) is 3. The Hall–Kier alpha value is -2.33. The fraction of sp³-hybridized carbons (Fsp3) is 0.350. The highest BCUT2D eigenvalue weighted by molar-refractivity contribution is 6.01. The largest absolute Gasteiger partial charge is 0.376 e. The van der Waals surface area contributed by atoms with Gasteiger partial charge in [-0.3, -0.25) is 4.79 Å². The smallest absolute Gasteiger partial charge is 0.257 e. The Bertz CT molecular complexity index is 753. The minimum atomic E-state index is -0.156. The van der Waals surface area contributed by atoms with Gasteiger partial charge in [-0.2, -0.15) is 0 Å². The molecule has 2 aliphatic heterocycles. The molecule has 0 aliphatic carbocycles. The number of aryl methyl sites for hydroxylation is 1. The Morgan fingerprint density at radius 2 is 2.08 bits per heavy atom. The van der Waals surface area contributed by atoms with Crippen LogP contribution in [0.4, 0.5) is 5.69 Å². The van der Waals surface area contributed by atoms with Crippen molar-refractivity contribution < 1.29 is 9.53 Å². The van der Waals surface area contributed by atoms with E-state index in [0.29, 0.717) is 6.54 Å². The van der Waals surface area contributed by atoms with Gasteiger partial charge in [0.15, 0.2) is 0 Å². The maximum atomic E-state index is 13.1. The summed E-state index contributed by atoms with van der Waals surface area (Å²) in [6, 6.07) is 16.1. The minimum Gasteiger partial charge on any atom is -0.376 e. The summed E-state index contributed by atoms with van der Waals surface area (Å²) in [4.78, 5) is 15.0. The van der Waals surface area contributed by atoms with E-state index in [0.717, 1.165) is 36.3 Å². The normalized spacial score (nSPS) is 23.0. The molecule has 0 bridgehead atoms. The van der Waals surface area contributed by atoms with E-state index in [2.05, 4.69) is 30.4 Å². The summed E-state index contributed by atoms with van der Waals surface area (Å²) < 4.78 is 5.78. The predicted octanol–water partition coefficient (Wildman–Crippen LogP) is 3.74. The summed E-state index contributed by atoms with van der Waals surface area (Å²) in [6.45, 7) is 3.50. The second kappa shape index (κ2) is 6.29. The molecular weight excluding hydrogens is 300 g/mol. The van der Waals surface area contributed by atoms with Crippen LogP contribution in [0.2, 0.25) is 0 Å². The number of ether oxygens (including phenoxy) is 1.